The van der Waals surface area contributed by atoms with Gasteiger partial charge in [-0.15, -0.1) is 0 Å². The van der Waals surface area contributed by atoms with E-state index < -0.39 is 0 Å². The molecule has 0 rings (SSSR count). The lowest BCUT2D eigenvalue weighted by Crippen LogP contribution is -2.42. The van der Waals surface area contributed by atoms with Crippen LogP contribution in [-0.4, -0.2) is 29.1 Å². The Bertz CT molecular complexity index is 63.4. The van der Waals surface area contributed by atoms with Crippen LogP contribution in [0.15, 0.2) is 0 Å². The van der Waals surface area contributed by atoms with Gasteiger partial charge in [-0.1, -0.05) is 0 Å². The third-order valence-electron chi connectivity index (χ3n) is 0.953. The number of hydrogen-bond acceptors (Lipinski definition) is 3. The zero-order valence-electron chi connectivity index (χ0n) is 5.31. The predicted molar refractivity (Wildman–Crippen MR) is 31.4 cm³/mol. The molecule has 0 unspecified atom stereocenters. The second kappa shape index (κ2) is 3.02. The Hall–Kier alpha value is -0.120. The van der Waals surface area contributed by atoms with Crippen molar-refractivity contribution in [3.8, 4) is 0 Å². The van der Waals surface area contributed by atoms with Gasteiger partial charge in [0.05, 0.1) is 13.3 Å². The number of aliphatic hydroxyl groups is 2. The van der Waals surface area contributed by atoms with Gasteiger partial charge in [0.15, 0.2) is 0 Å². The fourth-order valence-corrected chi connectivity index (χ4v) is 0.270. The standard InChI is InChI=1S/C5H13NO2/c1-5(2,3-7)6-4-8/h6-8H,3-4H2,1-2H3. The van der Waals surface area contributed by atoms with Crippen LogP contribution in [0.2, 0.25) is 0 Å². The first-order valence-corrected chi connectivity index (χ1v) is 2.59. The quantitative estimate of drug-likeness (QED) is 0.430. The third-order valence-corrected chi connectivity index (χ3v) is 0.953. The summed E-state index contributed by atoms with van der Waals surface area (Å²) in [4.78, 5) is 0. The normalized spacial score (nSPS) is 12.0. The van der Waals surface area contributed by atoms with Gasteiger partial charge in [-0.3, -0.25) is 5.32 Å². The van der Waals surface area contributed by atoms with E-state index in [1.807, 2.05) is 13.8 Å². The van der Waals surface area contributed by atoms with E-state index in [2.05, 4.69) is 5.32 Å². The maximum atomic E-state index is 8.55. The Balaban J connectivity index is 3.37. The van der Waals surface area contributed by atoms with E-state index in [-0.39, 0.29) is 18.9 Å². The van der Waals surface area contributed by atoms with Gasteiger partial charge in [0, 0.05) is 5.54 Å². The smallest absolute Gasteiger partial charge is 0.0936 e. The van der Waals surface area contributed by atoms with Crippen LogP contribution < -0.4 is 5.32 Å². The van der Waals surface area contributed by atoms with Gasteiger partial charge in [0.25, 0.3) is 0 Å². The molecule has 0 spiro atoms. The summed E-state index contributed by atoms with van der Waals surface area (Å²) in [7, 11) is 0. The van der Waals surface area contributed by atoms with Crippen molar-refractivity contribution in [1.29, 1.82) is 0 Å². The van der Waals surface area contributed by atoms with Crippen LogP contribution in [0.4, 0.5) is 0 Å². The minimum absolute atomic E-state index is 0.0353. The molecule has 0 amide bonds. The SMILES string of the molecule is CC(C)(CO)NCO. The van der Waals surface area contributed by atoms with E-state index in [0.717, 1.165) is 0 Å². The van der Waals surface area contributed by atoms with Crippen molar-refractivity contribution in [2.75, 3.05) is 13.3 Å². The molecular formula is C5H13NO2. The van der Waals surface area contributed by atoms with Crippen molar-refractivity contribution in [2.24, 2.45) is 0 Å². The van der Waals surface area contributed by atoms with Crippen LogP contribution in [0.1, 0.15) is 13.8 Å². The zero-order valence-corrected chi connectivity index (χ0v) is 5.31. The molecule has 0 aromatic carbocycles. The summed E-state index contributed by atoms with van der Waals surface area (Å²) in [5.74, 6) is 0. The number of hydrogen-bond donors (Lipinski definition) is 3. The number of rotatable bonds is 3. The molecule has 3 nitrogen and oxygen atoms in total. The van der Waals surface area contributed by atoms with Crippen molar-refractivity contribution >= 4 is 0 Å². The first-order chi connectivity index (χ1) is 3.62. The molecule has 0 aromatic heterocycles. The minimum Gasteiger partial charge on any atom is -0.394 e. The van der Waals surface area contributed by atoms with Crippen molar-refractivity contribution < 1.29 is 10.2 Å². The lowest BCUT2D eigenvalue weighted by atomic mass is 10.1. The topological polar surface area (TPSA) is 52.5 Å². The number of nitrogens with one attached hydrogen (secondary N) is 1. The number of aliphatic hydroxyl groups excluding tert-OH is 2. The Kier molecular flexibility index (Phi) is 2.97. The van der Waals surface area contributed by atoms with Crippen LogP contribution in [0.5, 0.6) is 0 Å². The van der Waals surface area contributed by atoms with E-state index in [1.54, 1.807) is 0 Å². The van der Waals surface area contributed by atoms with E-state index in [4.69, 9.17) is 10.2 Å². The fourth-order valence-electron chi connectivity index (χ4n) is 0.270. The second-order valence-electron chi connectivity index (χ2n) is 2.38. The largest absolute Gasteiger partial charge is 0.394 e. The highest BCUT2D eigenvalue weighted by Gasteiger charge is 2.12. The first-order valence-electron chi connectivity index (χ1n) is 2.59. The van der Waals surface area contributed by atoms with Gasteiger partial charge in [0.1, 0.15) is 0 Å². The highest BCUT2D eigenvalue weighted by molar-refractivity contribution is 4.73. The summed E-state index contributed by atoms with van der Waals surface area (Å²) in [5.41, 5.74) is -0.352. The van der Waals surface area contributed by atoms with Crippen LogP contribution in [0.25, 0.3) is 0 Å². The summed E-state index contributed by atoms with van der Waals surface area (Å²) < 4.78 is 0. The first kappa shape index (κ1) is 7.88. The van der Waals surface area contributed by atoms with Crippen molar-refractivity contribution in [1.82, 2.24) is 5.32 Å². The highest BCUT2D eigenvalue weighted by atomic mass is 16.3. The average molecular weight is 119 g/mol. The molecule has 3 N–H and O–H groups in total. The highest BCUT2D eigenvalue weighted by Crippen LogP contribution is 1.96. The summed E-state index contributed by atoms with van der Waals surface area (Å²) in [6.07, 6.45) is 0. The molecular weight excluding hydrogens is 106 g/mol. The van der Waals surface area contributed by atoms with Gasteiger partial charge >= 0.3 is 0 Å². The van der Waals surface area contributed by atoms with Crippen LogP contribution in [0, 0.1) is 0 Å². The Labute approximate surface area is 49.3 Å². The van der Waals surface area contributed by atoms with Gasteiger partial charge in [-0.25, -0.2) is 0 Å². The zero-order chi connectivity index (χ0) is 6.62. The maximum Gasteiger partial charge on any atom is 0.0936 e. The molecule has 0 radical (unpaired) electrons. The molecule has 3 heteroatoms. The molecule has 0 fully saturated rings. The van der Waals surface area contributed by atoms with Crippen molar-refractivity contribution in [3.63, 3.8) is 0 Å². The molecule has 0 aromatic rings. The Morgan fingerprint density at radius 1 is 1.38 bits per heavy atom. The summed E-state index contributed by atoms with van der Waals surface area (Å²) >= 11 is 0. The Morgan fingerprint density at radius 3 is 2.00 bits per heavy atom. The monoisotopic (exact) mass is 119 g/mol. The lowest BCUT2D eigenvalue weighted by Gasteiger charge is -2.21. The van der Waals surface area contributed by atoms with Crippen LogP contribution >= 0.6 is 0 Å². The molecule has 0 bridgehead atoms. The van der Waals surface area contributed by atoms with Gasteiger partial charge in [-0.05, 0) is 13.8 Å². The molecule has 50 valence electrons. The molecule has 0 aliphatic carbocycles. The minimum atomic E-state index is -0.352. The molecule has 0 saturated heterocycles. The molecule has 0 heterocycles. The van der Waals surface area contributed by atoms with Gasteiger partial charge < -0.3 is 10.2 Å². The van der Waals surface area contributed by atoms with E-state index in [1.165, 1.54) is 0 Å². The van der Waals surface area contributed by atoms with Gasteiger partial charge in [-0.2, -0.15) is 0 Å². The second-order valence-corrected chi connectivity index (χ2v) is 2.38. The summed E-state index contributed by atoms with van der Waals surface area (Å²) in [5, 5.41) is 19.5. The maximum absolute atomic E-state index is 8.55. The Morgan fingerprint density at radius 2 is 1.88 bits per heavy atom. The fraction of sp³-hybridized carbons (Fsp3) is 1.00. The molecule has 0 saturated carbocycles. The third kappa shape index (κ3) is 2.96. The average Bonchev–Trinajstić information content (AvgIpc) is 1.67. The summed E-state index contributed by atoms with van der Waals surface area (Å²) in [6, 6.07) is 0. The molecule has 0 aliphatic heterocycles. The van der Waals surface area contributed by atoms with E-state index in [9.17, 15) is 0 Å². The molecule has 0 atom stereocenters. The molecule has 0 aliphatic rings. The van der Waals surface area contributed by atoms with Crippen molar-refractivity contribution in [2.45, 2.75) is 19.4 Å². The predicted octanol–water partition coefficient (Wildman–Crippen LogP) is -0.703. The van der Waals surface area contributed by atoms with E-state index in [0.29, 0.717) is 0 Å². The molecule has 8 heavy (non-hydrogen) atoms. The summed E-state index contributed by atoms with van der Waals surface area (Å²) in [6.45, 7) is 3.56. The van der Waals surface area contributed by atoms with Crippen molar-refractivity contribution in [3.05, 3.63) is 0 Å². The lowest BCUT2D eigenvalue weighted by molar-refractivity contribution is 0.143. The van der Waals surface area contributed by atoms with E-state index >= 15 is 0 Å². The van der Waals surface area contributed by atoms with Crippen LogP contribution in [0.3, 0.4) is 0 Å². The van der Waals surface area contributed by atoms with Crippen LogP contribution in [-0.2, 0) is 0 Å². The van der Waals surface area contributed by atoms with Gasteiger partial charge in [0.2, 0.25) is 0 Å².